The van der Waals surface area contributed by atoms with E-state index >= 15 is 0 Å². The number of aliphatic hydroxyl groups is 1. The van der Waals surface area contributed by atoms with Crippen LogP contribution in [0.5, 0.6) is 0 Å². The smallest absolute Gasteiger partial charge is 0.0799 e. The van der Waals surface area contributed by atoms with E-state index < -0.39 is 5.60 Å². The van der Waals surface area contributed by atoms with Gasteiger partial charge in [0.2, 0.25) is 0 Å². The maximum absolute atomic E-state index is 10.6. The van der Waals surface area contributed by atoms with Gasteiger partial charge in [0.1, 0.15) is 0 Å². The predicted octanol–water partition coefficient (Wildman–Crippen LogP) is 2.46. The molecule has 0 saturated carbocycles. The molecular formula is C12H25NO. The fourth-order valence-corrected chi connectivity index (χ4v) is 2.65. The molecule has 14 heavy (non-hydrogen) atoms. The van der Waals surface area contributed by atoms with Crippen molar-refractivity contribution in [2.45, 2.75) is 70.4 Å². The third kappa shape index (κ3) is 2.96. The summed E-state index contributed by atoms with van der Waals surface area (Å²) in [5.41, 5.74) is -0.441. The molecule has 0 aliphatic carbocycles. The Morgan fingerprint density at radius 3 is 2.29 bits per heavy atom. The van der Waals surface area contributed by atoms with Gasteiger partial charge in [-0.2, -0.15) is 0 Å². The second kappa shape index (κ2) is 5.72. The minimum atomic E-state index is -0.441. The van der Waals surface area contributed by atoms with Gasteiger partial charge in [-0.15, -0.1) is 0 Å². The van der Waals surface area contributed by atoms with Crippen molar-refractivity contribution in [2.24, 2.45) is 0 Å². The zero-order valence-electron chi connectivity index (χ0n) is 9.68. The van der Waals surface area contributed by atoms with Crippen LogP contribution in [0.1, 0.15) is 58.8 Å². The normalized spacial score (nSPS) is 23.8. The fourth-order valence-electron chi connectivity index (χ4n) is 2.65. The molecule has 2 nitrogen and oxygen atoms in total. The first-order chi connectivity index (χ1) is 6.73. The average molecular weight is 199 g/mol. The van der Waals surface area contributed by atoms with Crippen LogP contribution in [0.3, 0.4) is 0 Å². The average Bonchev–Trinajstić information content (AvgIpc) is 2.20. The minimum Gasteiger partial charge on any atom is -0.388 e. The molecule has 1 aliphatic heterocycles. The second-order valence-corrected chi connectivity index (χ2v) is 4.61. The molecule has 1 rings (SSSR count). The molecule has 84 valence electrons. The molecule has 1 unspecified atom stereocenters. The maximum atomic E-state index is 10.6. The van der Waals surface area contributed by atoms with Crippen LogP contribution in [0.15, 0.2) is 0 Å². The van der Waals surface area contributed by atoms with E-state index in [1.807, 2.05) is 0 Å². The van der Waals surface area contributed by atoms with E-state index in [1.165, 1.54) is 12.8 Å². The molecule has 2 N–H and O–H groups in total. The molecule has 0 spiro atoms. The summed E-state index contributed by atoms with van der Waals surface area (Å²) < 4.78 is 0. The van der Waals surface area contributed by atoms with Crippen LogP contribution in [-0.4, -0.2) is 23.3 Å². The molecule has 1 atom stereocenters. The van der Waals surface area contributed by atoms with Gasteiger partial charge in [-0.25, -0.2) is 0 Å². The van der Waals surface area contributed by atoms with Gasteiger partial charge in [-0.1, -0.05) is 33.1 Å². The zero-order valence-corrected chi connectivity index (χ0v) is 9.68. The summed E-state index contributed by atoms with van der Waals surface area (Å²) in [6, 6.07) is 0.344. The first-order valence-electron chi connectivity index (χ1n) is 6.18. The summed E-state index contributed by atoms with van der Waals surface area (Å²) in [6.07, 6.45) is 7.73. The Balaban J connectivity index is 2.54. The summed E-state index contributed by atoms with van der Waals surface area (Å²) in [7, 11) is 0. The van der Waals surface area contributed by atoms with Crippen molar-refractivity contribution in [3.05, 3.63) is 0 Å². The van der Waals surface area contributed by atoms with Crippen LogP contribution in [-0.2, 0) is 0 Å². The van der Waals surface area contributed by atoms with Crippen molar-refractivity contribution in [1.82, 2.24) is 5.32 Å². The van der Waals surface area contributed by atoms with Gasteiger partial charge in [0.15, 0.2) is 0 Å². The molecule has 2 heteroatoms. The Morgan fingerprint density at radius 1 is 1.21 bits per heavy atom. The molecule has 0 aromatic carbocycles. The first kappa shape index (κ1) is 12.0. The number of nitrogens with one attached hydrogen (secondary N) is 1. The quantitative estimate of drug-likeness (QED) is 0.713. The second-order valence-electron chi connectivity index (χ2n) is 4.61. The highest BCUT2D eigenvalue weighted by molar-refractivity contribution is 4.92. The lowest BCUT2D eigenvalue weighted by Crippen LogP contribution is -2.52. The fraction of sp³-hybridized carbons (Fsp3) is 1.00. The summed E-state index contributed by atoms with van der Waals surface area (Å²) in [5.74, 6) is 0. The Kier molecular flexibility index (Phi) is 4.90. The highest BCUT2D eigenvalue weighted by atomic mass is 16.3. The van der Waals surface area contributed by atoms with Crippen molar-refractivity contribution in [1.29, 1.82) is 0 Å². The SMILES string of the molecule is CCCC(O)(CCC)C1CCCCN1. The van der Waals surface area contributed by atoms with Gasteiger partial charge in [-0.3, -0.25) is 0 Å². The first-order valence-corrected chi connectivity index (χ1v) is 6.18. The molecule has 0 amide bonds. The Hall–Kier alpha value is -0.0800. The van der Waals surface area contributed by atoms with Crippen molar-refractivity contribution in [3.8, 4) is 0 Å². The van der Waals surface area contributed by atoms with E-state index in [1.54, 1.807) is 0 Å². The van der Waals surface area contributed by atoms with E-state index in [2.05, 4.69) is 19.2 Å². The molecule has 0 aromatic heterocycles. The largest absolute Gasteiger partial charge is 0.388 e. The third-order valence-electron chi connectivity index (χ3n) is 3.32. The predicted molar refractivity (Wildman–Crippen MR) is 60.4 cm³/mol. The lowest BCUT2D eigenvalue weighted by Gasteiger charge is -2.39. The summed E-state index contributed by atoms with van der Waals surface area (Å²) in [6.45, 7) is 5.40. The van der Waals surface area contributed by atoms with E-state index in [-0.39, 0.29) is 0 Å². The number of hydrogen-bond donors (Lipinski definition) is 2. The number of hydrogen-bond acceptors (Lipinski definition) is 2. The Bertz CT molecular complexity index is 146. The third-order valence-corrected chi connectivity index (χ3v) is 3.32. The van der Waals surface area contributed by atoms with E-state index in [0.717, 1.165) is 38.6 Å². The highest BCUT2D eigenvalue weighted by Crippen LogP contribution is 2.28. The van der Waals surface area contributed by atoms with Crippen LogP contribution in [0, 0.1) is 0 Å². The Morgan fingerprint density at radius 2 is 1.86 bits per heavy atom. The van der Waals surface area contributed by atoms with Crippen molar-refractivity contribution >= 4 is 0 Å². The standard InChI is InChI=1S/C12H25NO/c1-3-8-12(14,9-4-2)11-7-5-6-10-13-11/h11,13-14H,3-10H2,1-2H3. The van der Waals surface area contributed by atoms with Crippen molar-refractivity contribution < 1.29 is 5.11 Å². The molecule has 0 aromatic rings. The van der Waals surface area contributed by atoms with Gasteiger partial charge in [-0.05, 0) is 32.2 Å². The summed E-state index contributed by atoms with van der Waals surface area (Å²) in [5, 5.41) is 14.1. The molecular weight excluding hydrogens is 174 g/mol. The maximum Gasteiger partial charge on any atom is 0.0799 e. The molecule has 0 bridgehead atoms. The summed E-state index contributed by atoms with van der Waals surface area (Å²) >= 11 is 0. The number of piperidine rings is 1. The van der Waals surface area contributed by atoms with Crippen LogP contribution in [0.2, 0.25) is 0 Å². The molecule has 1 heterocycles. The van der Waals surface area contributed by atoms with Crippen molar-refractivity contribution in [2.75, 3.05) is 6.54 Å². The lowest BCUT2D eigenvalue weighted by atomic mass is 9.81. The summed E-state index contributed by atoms with van der Waals surface area (Å²) in [4.78, 5) is 0. The zero-order chi connectivity index (χ0) is 10.4. The topological polar surface area (TPSA) is 32.3 Å². The number of rotatable bonds is 5. The van der Waals surface area contributed by atoms with Gasteiger partial charge in [0, 0.05) is 6.04 Å². The van der Waals surface area contributed by atoms with Crippen LogP contribution < -0.4 is 5.32 Å². The van der Waals surface area contributed by atoms with Gasteiger partial charge >= 0.3 is 0 Å². The van der Waals surface area contributed by atoms with Gasteiger partial charge in [0.25, 0.3) is 0 Å². The van der Waals surface area contributed by atoms with Crippen molar-refractivity contribution in [3.63, 3.8) is 0 Å². The molecule has 1 saturated heterocycles. The lowest BCUT2D eigenvalue weighted by molar-refractivity contribution is -0.0232. The molecule has 1 aliphatic rings. The van der Waals surface area contributed by atoms with Crippen LogP contribution >= 0.6 is 0 Å². The highest BCUT2D eigenvalue weighted by Gasteiger charge is 2.35. The monoisotopic (exact) mass is 199 g/mol. The van der Waals surface area contributed by atoms with Crippen LogP contribution in [0.25, 0.3) is 0 Å². The van der Waals surface area contributed by atoms with E-state index in [4.69, 9.17) is 0 Å². The Labute approximate surface area is 88.1 Å². The van der Waals surface area contributed by atoms with E-state index in [9.17, 15) is 5.11 Å². The minimum absolute atomic E-state index is 0.344. The van der Waals surface area contributed by atoms with Gasteiger partial charge in [0.05, 0.1) is 5.60 Å². The van der Waals surface area contributed by atoms with Crippen LogP contribution in [0.4, 0.5) is 0 Å². The molecule has 0 radical (unpaired) electrons. The molecule has 1 fully saturated rings. The van der Waals surface area contributed by atoms with E-state index in [0.29, 0.717) is 6.04 Å². The van der Waals surface area contributed by atoms with Gasteiger partial charge < -0.3 is 10.4 Å².